The van der Waals surface area contributed by atoms with Crippen molar-refractivity contribution >= 4 is 22.9 Å². The van der Waals surface area contributed by atoms with E-state index in [0.717, 1.165) is 18.2 Å². The molecule has 0 bridgehead atoms. The lowest BCUT2D eigenvalue weighted by Gasteiger charge is -1.99. The summed E-state index contributed by atoms with van der Waals surface area (Å²) in [5, 5.41) is 9.92. The summed E-state index contributed by atoms with van der Waals surface area (Å²) in [6.45, 7) is 0. The van der Waals surface area contributed by atoms with Crippen LogP contribution in [0.25, 0.3) is 22.9 Å². The van der Waals surface area contributed by atoms with Gasteiger partial charge in [0.05, 0.1) is 11.0 Å². The van der Waals surface area contributed by atoms with Crippen LogP contribution in [0.2, 0.25) is 0 Å². The van der Waals surface area contributed by atoms with E-state index in [1.54, 1.807) is 0 Å². The van der Waals surface area contributed by atoms with Gasteiger partial charge in [-0.05, 0) is 12.1 Å². The molecule has 0 unspecified atom stereocenters. The number of benzene rings is 2. The van der Waals surface area contributed by atoms with Gasteiger partial charge in [0.25, 0.3) is 0 Å². The summed E-state index contributed by atoms with van der Waals surface area (Å²) in [4.78, 5) is 6.74. The van der Waals surface area contributed by atoms with Crippen LogP contribution in [0.1, 0.15) is 11.4 Å². The number of aliphatic hydroxyl groups excluding tert-OH is 1. The van der Waals surface area contributed by atoms with Crippen LogP contribution in [0.3, 0.4) is 0 Å². The van der Waals surface area contributed by atoms with Crippen LogP contribution in [0.5, 0.6) is 0 Å². The van der Waals surface area contributed by atoms with Gasteiger partial charge in [0.2, 0.25) is 0 Å². The number of H-pyrrole nitrogens is 1. The number of aromatic nitrogens is 2. The zero-order valence-electron chi connectivity index (χ0n) is 10.6. The zero-order valence-corrected chi connectivity index (χ0v) is 10.6. The first-order chi connectivity index (χ1) is 10.0. The minimum Gasteiger partial charge on any atom is -0.507 e. The molecule has 0 fully saturated rings. The monoisotopic (exact) mass is 290 g/mol. The molecule has 1 heterocycles. The molecule has 1 aromatic heterocycles. The summed E-state index contributed by atoms with van der Waals surface area (Å²) in [5.41, 5.74) is 0.798. The molecule has 0 saturated heterocycles. The van der Waals surface area contributed by atoms with Crippen LogP contribution in [0.15, 0.2) is 36.4 Å². The van der Waals surface area contributed by atoms with Gasteiger partial charge in [-0.1, -0.05) is 12.1 Å². The molecule has 3 rings (SSSR count). The van der Waals surface area contributed by atoms with E-state index >= 15 is 0 Å². The van der Waals surface area contributed by atoms with Gasteiger partial charge in [-0.2, -0.15) is 0 Å². The molecule has 0 aliphatic rings. The molecule has 21 heavy (non-hydrogen) atoms. The van der Waals surface area contributed by atoms with Crippen LogP contribution in [0, 0.1) is 17.5 Å². The highest BCUT2D eigenvalue weighted by atomic mass is 19.2. The number of hydrogen-bond acceptors (Lipinski definition) is 2. The summed E-state index contributed by atoms with van der Waals surface area (Å²) >= 11 is 0. The zero-order chi connectivity index (χ0) is 15.0. The largest absolute Gasteiger partial charge is 0.507 e. The second kappa shape index (κ2) is 4.97. The third-order valence-corrected chi connectivity index (χ3v) is 2.94. The molecule has 0 spiro atoms. The number of rotatable bonds is 2. The van der Waals surface area contributed by atoms with Crippen LogP contribution in [0.4, 0.5) is 13.2 Å². The van der Waals surface area contributed by atoms with Crippen molar-refractivity contribution in [3.05, 3.63) is 65.2 Å². The molecule has 6 heteroatoms. The second-order valence-corrected chi connectivity index (χ2v) is 4.45. The normalized spacial score (nSPS) is 12.0. The van der Waals surface area contributed by atoms with Crippen molar-refractivity contribution in [1.82, 2.24) is 9.97 Å². The van der Waals surface area contributed by atoms with Gasteiger partial charge in [-0.15, -0.1) is 0 Å². The Balaban J connectivity index is 2.02. The Bertz CT molecular complexity index is 816. The van der Waals surface area contributed by atoms with E-state index in [1.807, 2.05) is 0 Å². The third kappa shape index (κ3) is 2.60. The average Bonchev–Trinajstić information content (AvgIpc) is 2.80. The molecular formula is C15H9F3N2O. The molecule has 2 N–H and O–H groups in total. The fourth-order valence-corrected chi connectivity index (χ4v) is 1.95. The Hall–Kier alpha value is -2.76. The lowest BCUT2D eigenvalue weighted by atomic mass is 10.2. The van der Waals surface area contributed by atoms with Gasteiger partial charge in [0, 0.05) is 23.8 Å². The van der Waals surface area contributed by atoms with Gasteiger partial charge in [-0.25, -0.2) is 18.2 Å². The standard InChI is InChI=1S/C15H9F3N2O/c16-9-3-1-2-8(4-9)14(21)7-15-19-12-5-10(17)11(18)6-13(12)20-15/h1-7,21H,(H,19,20)/b14-7-. The number of nitrogens with zero attached hydrogens (tertiary/aromatic N) is 1. The summed E-state index contributed by atoms with van der Waals surface area (Å²) in [6, 6.07) is 7.33. The molecule has 0 aliphatic carbocycles. The molecule has 2 aromatic carbocycles. The quantitative estimate of drug-likeness (QED) is 0.700. The predicted molar refractivity (Wildman–Crippen MR) is 72.9 cm³/mol. The highest BCUT2D eigenvalue weighted by molar-refractivity contribution is 5.81. The maximum absolute atomic E-state index is 13.1. The van der Waals surface area contributed by atoms with Gasteiger partial charge in [0.1, 0.15) is 17.4 Å². The number of hydrogen-bond donors (Lipinski definition) is 2. The third-order valence-electron chi connectivity index (χ3n) is 2.94. The fourth-order valence-electron chi connectivity index (χ4n) is 1.95. The van der Waals surface area contributed by atoms with E-state index in [0.29, 0.717) is 5.52 Å². The number of aromatic amines is 1. The van der Waals surface area contributed by atoms with Crippen LogP contribution in [-0.2, 0) is 0 Å². The van der Waals surface area contributed by atoms with Crippen molar-refractivity contribution in [2.24, 2.45) is 0 Å². The summed E-state index contributed by atoms with van der Waals surface area (Å²) < 4.78 is 39.3. The number of fused-ring (bicyclic) bond motifs is 1. The van der Waals surface area contributed by atoms with Crippen molar-refractivity contribution in [2.75, 3.05) is 0 Å². The Morgan fingerprint density at radius 3 is 2.62 bits per heavy atom. The molecule has 106 valence electrons. The van der Waals surface area contributed by atoms with E-state index in [1.165, 1.54) is 24.3 Å². The minimum atomic E-state index is -1.00. The van der Waals surface area contributed by atoms with E-state index in [2.05, 4.69) is 9.97 Å². The van der Waals surface area contributed by atoms with Crippen LogP contribution < -0.4 is 0 Å². The molecule has 0 atom stereocenters. The maximum Gasteiger partial charge on any atom is 0.161 e. The molecule has 0 aliphatic heterocycles. The Morgan fingerprint density at radius 1 is 1.10 bits per heavy atom. The molecular weight excluding hydrogens is 281 g/mol. The van der Waals surface area contributed by atoms with Crippen molar-refractivity contribution in [3.63, 3.8) is 0 Å². The summed E-state index contributed by atoms with van der Waals surface area (Å²) in [6.07, 6.45) is 1.25. The van der Waals surface area contributed by atoms with Gasteiger partial charge < -0.3 is 10.1 Å². The van der Waals surface area contributed by atoms with Crippen LogP contribution >= 0.6 is 0 Å². The fraction of sp³-hybridized carbons (Fsp3) is 0. The van der Waals surface area contributed by atoms with Crippen molar-refractivity contribution < 1.29 is 18.3 Å². The van der Waals surface area contributed by atoms with Gasteiger partial charge in [0.15, 0.2) is 11.6 Å². The van der Waals surface area contributed by atoms with Crippen LogP contribution in [-0.4, -0.2) is 15.1 Å². The Kier molecular flexibility index (Phi) is 3.13. The predicted octanol–water partition coefficient (Wildman–Crippen LogP) is 4.04. The second-order valence-electron chi connectivity index (χ2n) is 4.45. The highest BCUT2D eigenvalue weighted by Crippen LogP contribution is 2.19. The molecule has 0 radical (unpaired) electrons. The minimum absolute atomic E-state index is 0.205. The lowest BCUT2D eigenvalue weighted by Crippen LogP contribution is -1.85. The number of aliphatic hydroxyl groups is 1. The molecule has 0 saturated carbocycles. The van der Waals surface area contributed by atoms with E-state index in [-0.39, 0.29) is 22.7 Å². The number of nitrogens with one attached hydrogen (secondary N) is 1. The number of imidazole rings is 1. The number of halogens is 3. The smallest absolute Gasteiger partial charge is 0.161 e. The topological polar surface area (TPSA) is 48.9 Å². The molecule has 0 amide bonds. The van der Waals surface area contributed by atoms with E-state index in [9.17, 15) is 18.3 Å². The Morgan fingerprint density at radius 2 is 1.86 bits per heavy atom. The van der Waals surface area contributed by atoms with Gasteiger partial charge in [-0.3, -0.25) is 0 Å². The van der Waals surface area contributed by atoms with E-state index < -0.39 is 17.5 Å². The lowest BCUT2D eigenvalue weighted by molar-refractivity contribution is 0.510. The first-order valence-electron chi connectivity index (χ1n) is 6.04. The van der Waals surface area contributed by atoms with E-state index in [4.69, 9.17) is 0 Å². The van der Waals surface area contributed by atoms with Crippen molar-refractivity contribution in [3.8, 4) is 0 Å². The Labute approximate surface area is 117 Å². The average molecular weight is 290 g/mol. The van der Waals surface area contributed by atoms with Crippen molar-refractivity contribution in [2.45, 2.75) is 0 Å². The first kappa shape index (κ1) is 13.2. The molecule has 3 aromatic rings. The highest BCUT2D eigenvalue weighted by Gasteiger charge is 2.09. The van der Waals surface area contributed by atoms with Gasteiger partial charge >= 0.3 is 0 Å². The maximum atomic E-state index is 13.1. The molecule has 3 nitrogen and oxygen atoms in total. The first-order valence-corrected chi connectivity index (χ1v) is 6.04. The SMILES string of the molecule is O/C(=C\c1nc2cc(F)c(F)cc2[nH]1)c1cccc(F)c1. The van der Waals surface area contributed by atoms with Crippen molar-refractivity contribution in [1.29, 1.82) is 0 Å². The summed E-state index contributed by atoms with van der Waals surface area (Å²) in [5.74, 6) is -2.48. The summed E-state index contributed by atoms with van der Waals surface area (Å²) in [7, 11) is 0.